The Morgan fingerprint density at radius 2 is 1.73 bits per heavy atom. The molecular formula is C34H32FN3O3. The maximum absolute atomic E-state index is 13.6. The van der Waals surface area contributed by atoms with E-state index in [2.05, 4.69) is 22.1 Å². The summed E-state index contributed by atoms with van der Waals surface area (Å²) in [5, 5.41) is 8.17. The molecule has 0 bridgehead atoms. The average molecular weight is 550 g/mol. The highest BCUT2D eigenvalue weighted by Crippen LogP contribution is 2.50. The number of nitrogens with one attached hydrogen (secondary N) is 1. The minimum Gasteiger partial charge on any atom is -0.455 e. The van der Waals surface area contributed by atoms with Crippen LogP contribution in [0.3, 0.4) is 0 Å². The Balaban J connectivity index is 1.35. The van der Waals surface area contributed by atoms with Crippen molar-refractivity contribution in [3.63, 3.8) is 0 Å². The Morgan fingerprint density at radius 3 is 2.44 bits per heavy atom. The number of furan rings is 1. The lowest BCUT2D eigenvalue weighted by Gasteiger charge is -2.13. The number of aromatic amines is 1. The maximum atomic E-state index is 13.6. The maximum Gasteiger partial charge on any atom is 0.167 e. The molecular weight excluding hydrogens is 517 g/mol. The lowest BCUT2D eigenvalue weighted by Crippen LogP contribution is -2.15. The van der Waals surface area contributed by atoms with Crippen molar-refractivity contribution in [2.24, 2.45) is 0 Å². The normalized spacial score (nSPS) is 14.0. The van der Waals surface area contributed by atoms with Gasteiger partial charge in [0, 0.05) is 41.2 Å². The number of benzene rings is 3. The summed E-state index contributed by atoms with van der Waals surface area (Å²) < 4.78 is 19.7. The third-order valence-corrected chi connectivity index (χ3v) is 8.11. The highest BCUT2D eigenvalue weighted by atomic mass is 19.1. The van der Waals surface area contributed by atoms with E-state index in [1.165, 1.54) is 12.1 Å². The fourth-order valence-corrected chi connectivity index (χ4v) is 5.55. The summed E-state index contributed by atoms with van der Waals surface area (Å²) in [7, 11) is 0. The second kappa shape index (κ2) is 10.5. The largest absolute Gasteiger partial charge is 0.455 e. The van der Waals surface area contributed by atoms with Gasteiger partial charge in [0.25, 0.3) is 0 Å². The molecule has 5 aromatic rings. The molecule has 1 fully saturated rings. The predicted octanol–water partition coefficient (Wildman–Crippen LogP) is 8.18. The predicted molar refractivity (Wildman–Crippen MR) is 157 cm³/mol. The van der Waals surface area contributed by atoms with Crippen LogP contribution >= 0.6 is 0 Å². The number of ketones is 2. The Bertz CT molecular complexity index is 1780. The quantitative estimate of drug-likeness (QED) is 0.177. The molecule has 208 valence electrons. The average Bonchev–Trinajstić information content (AvgIpc) is 3.42. The van der Waals surface area contributed by atoms with E-state index in [0.717, 1.165) is 54.0 Å². The van der Waals surface area contributed by atoms with Crippen LogP contribution in [0, 0.1) is 12.7 Å². The van der Waals surface area contributed by atoms with E-state index in [1.807, 2.05) is 50.2 Å². The fourth-order valence-electron chi connectivity index (χ4n) is 5.55. The summed E-state index contributed by atoms with van der Waals surface area (Å²) in [5.41, 5.74) is 4.91. The highest BCUT2D eigenvalue weighted by Gasteiger charge is 2.49. The number of rotatable bonds is 10. The number of H-pyrrole nitrogens is 1. The minimum atomic E-state index is -0.352. The van der Waals surface area contributed by atoms with Gasteiger partial charge in [0.15, 0.2) is 17.4 Å². The van der Waals surface area contributed by atoms with Crippen molar-refractivity contribution in [1.82, 2.24) is 15.2 Å². The van der Waals surface area contributed by atoms with Gasteiger partial charge in [-0.05, 0) is 85.3 Å². The van der Waals surface area contributed by atoms with E-state index in [1.54, 1.807) is 12.1 Å². The third kappa shape index (κ3) is 5.01. The van der Waals surface area contributed by atoms with Gasteiger partial charge in [-0.3, -0.25) is 14.7 Å². The molecule has 0 saturated heterocycles. The molecule has 2 heterocycles. The number of hydrogen-bond donors (Lipinski definition) is 1. The van der Waals surface area contributed by atoms with Crippen LogP contribution in [0.5, 0.6) is 0 Å². The van der Waals surface area contributed by atoms with Crippen molar-refractivity contribution < 1.29 is 18.4 Å². The molecule has 0 spiro atoms. The standard InChI is InChI=1S/C34H32FN3O3/c1-4-6-30-36-33(38-37-30)34(15-16-34)19-28(40)23-8-7-20(3)25(18-23)22-11-14-29-26(17-22)31(27(39)5-2)32(41-29)21-9-12-24(35)13-10-21/h7-14,17-18H,4-6,15-16,19H2,1-3H3,(H,36,37,38). The van der Waals surface area contributed by atoms with E-state index in [4.69, 9.17) is 4.42 Å². The smallest absolute Gasteiger partial charge is 0.167 e. The molecule has 6 rings (SSSR count). The molecule has 0 amide bonds. The zero-order valence-corrected chi connectivity index (χ0v) is 23.5. The van der Waals surface area contributed by atoms with Crippen molar-refractivity contribution >= 4 is 22.5 Å². The number of hydrogen-bond acceptors (Lipinski definition) is 5. The van der Waals surface area contributed by atoms with Crippen LogP contribution in [0.2, 0.25) is 0 Å². The number of fused-ring (bicyclic) bond motifs is 1. The van der Waals surface area contributed by atoms with Crippen LogP contribution in [-0.2, 0) is 11.8 Å². The molecule has 6 nitrogen and oxygen atoms in total. The lowest BCUT2D eigenvalue weighted by molar-refractivity contribution is 0.0965. The first-order valence-electron chi connectivity index (χ1n) is 14.2. The van der Waals surface area contributed by atoms with Gasteiger partial charge in [-0.15, -0.1) is 0 Å². The van der Waals surface area contributed by atoms with Gasteiger partial charge in [0.1, 0.15) is 23.0 Å². The van der Waals surface area contributed by atoms with Crippen molar-refractivity contribution in [1.29, 1.82) is 0 Å². The first-order chi connectivity index (χ1) is 19.8. The Morgan fingerprint density at radius 1 is 0.976 bits per heavy atom. The SMILES string of the molecule is CCCc1nc(C2(CC(=O)c3ccc(C)c(-c4ccc5oc(-c6ccc(F)cc6)c(C(=O)CC)c5c4)c3)CC2)n[nH]1. The van der Waals surface area contributed by atoms with Gasteiger partial charge in [-0.2, -0.15) is 5.10 Å². The Hall–Kier alpha value is -4.39. The second-order valence-corrected chi connectivity index (χ2v) is 11.1. The van der Waals surface area contributed by atoms with Crippen LogP contribution in [-0.4, -0.2) is 26.7 Å². The molecule has 1 aliphatic rings. The number of nitrogens with zero attached hydrogens (tertiary/aromatic N) is 2. The zero-order chi connectivity index (χ0) is 28.7. The minimum absolute atomic E-state index is 0.0512. The first-order valence-corrected chi connectivity index (χ1v) is 14.2. The van der Waals surface area contributed by atoms with E-state index >= 15 is 0 Å². The second-order valence-electron chi connectivity index (χ2n) is 11.1. The van der Waals surface area contributed by atoms with Gasteiger partial charge >= 0.3 is 0 Å². The summed E-state index contributed by atoms with van der Waals surface area (Å²) in [5.74, 6) is 1.72. The molecule has 1 saturated carbocycles. The van der Waals surface area contributed by atoms with Crippen molar-refractivity contribution in [2.75, 3.05) is 0 Å². The molecule has 0 radical (unpaired) electrons. The fraction of sp³-hybridized carbons (Fsp3) is 0.294. The molecule has 1 N–H and O–H groups in total. The summed E-state index contributed by atoms with van der Waals surface area (Å²) in [6, 6.07) is 17.5. The number of carbonyl (C=O) groups excluding carboxylic acids is 2. The molecule has 1 aliphatic carbocycles. The Kier molecular flexibility index (Phi) is 6.89. The van der Waals surface area contributed by atoms with E-state index in [0.29, 0.717) is 46.3 Å². The highest BCUT2D eigenvalue weighted by molar-refractivity contribution is 6.12. The van der Waals surface area contributed by atoms with Crippen molar-refractivity contribution in [3.05, 3.63) is 94.8 Å². The van der Waals surface area contributed by atoms with Gasteiger partial charge in [0.2, 0.25) is 0 Å². The summed E-state index contributed by atoms with van der Waals surface area (Å²) >= 11 is 0. The van der Waals surface area contributed by atoms with Gasteiger partial charge in [0.05, 0.1) is 5.56 Å². The number of aryl methyl sites for hydroxylation is 2. The Labute approximate surface area is 238 Å². The van der Waals surface area contributed by atoms with E-state index < -0.39 is 0 Å². The zero-order valence-electron chi connectivity index (χ0n) is 23.5. The van der Waals surface area contributed by atoms with Crippen LogP contribution in [0.4, 0.5) is 4.39 Å². The molecule has 7 heteroatoms. The molecule has 0 atom stereocenters. The molecule has 3 aromatic carbocycles. The number of halogens is 1. The molecule has 0 unspecified atom stereocenters. The van der Waals surface area contributed by atoms with Crippen LogP contribution in [0.25, 0.3) is 33.4 Å². The van der Waals surface area contributed by atoms with Gasteiger partial charge < -0.3 is 4.42 Å². The summed E-state index contributed by atoms with van der Waals surface area (Å²) in [6.07, 6.45) is 4.32. The van der Waals surface area contributed by atoms with Crippen molar-refractivity contribution in [2.45, 2.75) is 64.7 Å². The van der Waals surface area contributed by atoms with E-state index in [9.17, 15) is 14.0 Å². The van der Waals surface area contributed by atoms with Crippen molar-refractivity contribution in [3.8, 4) is 22.5 Å². The number of carbonyl (C=O) groups is 2. The van der Waals surface area contributed by atoms with E-state index in [-0.39, 0.29) is 22.8 Å². The van der Waals surface area contributed by atoms with Crippen LogP contribution < -0.4 is 0 Å². The summed E-state index contributed by atoms with van der Waals surface area (Å²) in [4.78, 5) is 31.3. The van der Waals surface area contributed by atoms with Gasteiger partial charge in [-0.1, -0.05) is 32.0 Å². The summed E-state index contributed by atoms with van der Waals surface area (Å²) in [6.45, 7) is 5.93. The topological polar surface area (TPSA) is 88.8 Å². The number of Topliss-reactive ketones (excluding diaryl/α,β-unsaturated/α-hetero) is 2. The third-order valence-electron chi connectivity index (χ3n) is 8.11. The molecule has 0 aliphatic heterocycles. The first kappa shape index (κ1) is 26.8. The monoisotopic (exact) mass is 549 g/mol. The molecule has 41 heavy (non-hydrogen) atoms. The molecule has 2 aromatic heterocycles. The van der Waals surface area contributed by atoms with Gasteiger partial charge in [-0.25, -0.2) is 9.37 Å². The lowest BCUT2D eigenvalue weighted by atomic mass is 9.91. The number of aromatic nitrogens is 3. The van der Waals surface area contributed by atoms with Crippen LogP contribution in [0.15, 0.2) is 65.1 Å². The van der Waals surface area contributed by atoms with Crippen LogP contribution in [0.1, 0.15) is 83.9 Å².